The first-order valence-electron chi connectivity index (χ1n) is 1.87. The van der Waals surface area contributed by atoms with Crippen LogP contribution in [0.1, 0.15) is 6.92 Å². The van der Waals surface area contributed by atoms with Gasteiger partial charge in [-0.3, -0.25) is 0 Å². The molecule has 0 aliphatic rings. The molecule has 0 aromatic carbocycles. The van der Waals surface area contributed by atoms with Crippen LogP contribution < -0.4 is 5.73 Å². The Hall–Kier alpha value is 0.0569. The molecule has 4 nitrogen and oxygen atoms in total. The van der Waals surface area contributed by atoms with E-state index in [2.05, 4.69) is 0 Å². The van der Waals surface area contributed by atoms with Gasteiger partial charge in [0.15, 0.2) is 0 Å². The van der Waals surface area contributed by atoms with Crippen LogP contribution in [0.25, 0.3) is 0 Å². The van der Waals surface area contributed by atoms with Crippen molar-refractivity contribution in [2.45, 2.75) is 12.6 Å². The van der Waals surface area contributed by atoms with E-state index in [1.807, 2.05) is 0 Å². The van der Waals surface area contributed by atoms with Crippen LogP contribution in [0.4, 0.5) is 0 Å². The van der Waals surface area contributed by atoms with Gasteiger partial charge in [0.1, 0.15) is 0 Å². The van der Waals surface area contributed by atoms with Gasteiger partial charge in [-0.1, -0.05) is 0 Å². The molecule has 0 saturated heterocycles. The minimum atomic E-state index is -3.96. The van der Waals surface area contributed by atoms with E-state index in [1.165, 1.54) is 6.92 Å². The molecule has 0 amide bonds. The lowest BCUT2D eigenvalue weighted by atomic mass is 10.8. The Morgan fingerprint density at radius 2 is 1.57 bits per heavy atom. The summed E-state index contributed by atoms with van der Waals surface area (Å²) in [5.41, 5.74) is 3.99. The minimum absolute atomic E-state index is 0.896. The number of hydrogen-bond acceptors (Lipinski definition) is 4. The Bertz CT molecular complexity index is 58.4. The summed E-state index contributed by atoms with van der Waals surface area (Å²) in [6, 6.07) is 0. The zero-order valence-corrected chi connectivity index (χ0v) is 5.00. The van der Waals surface area contributed by atoms with Crippen molar-refractivity contribution in [3.05, 3.63) is 0 Å². The topological polar surface area (TPSA) is 86.7 Å². The van der Waals surface area contributed by atoms with Crippen LogP contribution in [-0.4, -0.2) is 28.9 Å². The van der Waals surface area contributed by atoms with Crippen LogP contribution in [0.5, 0.6) is 0 Å². The summed E-state index contributed by atoms with van der Waals surface area (Å²) in [5, 5.41) is 0. The van der Waals surface area contributed by atoms with Crippen molar-refractivity contribution < 1.29 is 14.4 Å². The maximum atomic E-state index is 8.22. The van der Waals surface area contributed by atoms with Gasteiger partial charge in [-0.25, -0.2) is 0 Å². The fourth-order valence-electron chi connectivity index (χ4n) is 0. The lowest BCUT2D eigenvalue weighted by Gasteiger charge is -2.11. The van der Waals surface area contributed by atoms with Crippen molar-refractivity contribution in [3.63, 3.8) is 0 Å². The van der Waals surface area contributed by atoms with Crippen molar-refractivity contribution in [1.29, 1.82) is 0 Å². The van der Waals surface area contributed by atoms with Gasteiger partial charge in [0.2, 0.25) is 0 Å². The van der Waals surface area contributed by atoms with Gasteiger partial charge in [-0.2, -0.15) is 0 Å². The maximum Gasteiger partial charge on any atom is 0.510 e. The lowest BCUT2D eigenvalue weighted by molar-refractivity contribution is 0.215. The molecule has 5 N–H and O–H groups in total. The SMILES string of the molecule is CC(N)[Si](O)(O)O. The van der Waals surface area contributed by atoms with Crippen molar-refractivity contribution in [2.24, 2.45) is 5.73 Å². The smallest absolute Gasteiger partial charge is 0.389 e. The van der Waals surface area contributed by atoms with E-state index in [0.717, 1.165) is 0 Å². The minimum Gasteiger partial charge on any atom is -0.389 e. The molecule has 0 spiro atoms. The molecule has 0 aromatic rings. The number of rotatable bonds is 1. The van der Waals surface area contributed by atoms with Crippen LogP contribution in [0.15, 0.2) is 0 Å². The molecule has 1 unspecified atom stereocenters. The van der Waals surface area contributed by atoms with Crippen molar-refractivity contribution in [2.75, 3.05) is 0 Å². The van der Waals surface area contributed by atoms with Crippen molar-refractivity contribution in [1.82, 2.24) is 0 Å². The molecule has 0 bridgehead atoms. The summed E-state index contributed by atoms with van der Waals surface area (Å²) in [7, 11) is -3.96. The molecular formula is C2H9NO3Si. The van der Waals surface area contributed by atoms with Crippen LogP contribution >= 0.6 is 0 Å². The van der Waals surface area contributed by atoms with Crippen LogP contribution in [0.3, 0.4) is 0 Å². The second-order valence-corrected chi connectivity index (χ2v) is 3.76. The predicted molar refractivity (Wildman–Crippen MR) is 26.1 cm³/mol. The normalized spacial score (nSPS) is 16.7. The third-order valence-corrected chi connectivity index (χ3v) is 1.83. The van der Waals surface area contributed by atoms with E-state index in [0.29, 0.717) is 0 Å². The zero-order valence-electron chi connectivity index (χ0n) is 4.00. The van der Waals surface area contributed by atoms with E-state index < -0.39 is 14.5 Å². The average molecular weight is 123 g/mol. The summed E-state index contributed by atoms with van der Waals surface area (Å²) in [5.74, 6) is 0. The molecule has 7 heavy (non-hydrogen) atoms. The molecule has 0 saturated carbocycles. The number of nitrogens with two attached hydrogens (primary N) is 1. The van der Waals surface area contributed by atoms with Crippen molar-refractivity contribution in [3.8, 4) is 0 Å². The highest BCUT2D eigenvalue weighted by atomic mass is 28.4. The summed E-state index contributed by atoms with van der Waals surface area (Å²) in [4.78, 5) is 24.7. The summed E-state index contributed by atoms with van der Waals surface area (Å²) >= 11 is 0. The standard InChI is InChI=1S/C2H9NO3Si/c1-2(3)7(4,5)6/h2,4-6H,3H2,1H3. The summed E-state index contributed by atoms with van der Waals surface area (Å²) in [6.07, 6.45) is 0. The zero-order chi connectivity index (χ0) is 6.08. The van der Waals surface area contributed by atoms with E-state index >= 15 is 0 Å². The Balaban J connectivity index is 3.54. The second kappa shape index (κ2) is 1.89. The van der Waals surface area contributed by atoms with E-state index in [9.17, 15) is 0 Å². The molecule has 5 heteroatoms. The van der Waals surface area contributed by atoms with Gasteiger partial charge >= 0.3 is 8.80 Å². The molecule has 0 aliphatic heterocycles. The lowest BCUT2D eigenvalue weighted by Crippen LogP contribution is -2.52. The van der Waals surface area contributed by atoms with Gasteiger partial charge in [-0.15, -0.1) is 0 Å². The first-order chi connectivity index (χ1) is 2.94. The van der Waals surface area contributed by atoms with Gasteiger partial charge in [0.25, 0.3) is 0 Å². The number of hydrogen-bond donors (Lipinski definition) is 4. The molecule has 0 heterocycles. The third kappa shape index (κ3) is 2.72. The fraction of sp³-hybridized carbons (Fsp3) is 1.00. The molecule has 0 aliphatic carbocycles. The van der Waals surface area contributed by atoms with Crippen molar-refractivity contribution >= 4 is 8.80 Å². The average Bonchev–Trinajstić information content (AvgIpc) is 1.31. The Labute approximate surface area is 42.6 Å². The van der Waals surface area contributed by atoms with E-state index in [4.69, 9.17) is 20.1 Å². The van der Waals surface area contributed by atoms with E-state index in [1.54, 1.807) is 0 Å². The van der Waals surface area contributed by atoms with Gasteiger partial charge in [0, 0.05) is 0 Å². The second-order valence-electron chi connectivity index (χ2n) is 1.48. The summed E-state index contributed by atoms with van der Waals surface area (Å²) < 4.78 is 0. The first kappa shape index (κ1) is 7.06. The summed E-state index contributed by atoms with van der Waals surface area (Å²) in [6.45, 7) is 1.34. The van der Waals surface area contributed by atoms with Crippen LogP contribution in [0, 0.1) is 0 Å². The van der Waals surface area contributed by atoms with Gasteiger partial charge in [-0.05, 0) is 6.92 Å². The third-order valence-electron chi connectivity index (χ3n) is 0.611. The Morgan fingerprint density at radius 3 is 1.57 bits per heavy atom. The molecular weight excluding hydrogens is 114 g/mol. The van der Waals surface area contributed by atoms with Crippen LogP contribution in [-0.2, 0) is 0 Å². The quantitative estimate of drug-likeness (QED) is 0.298. The monoisotopic (exact) mass is 123 g/mol. The molecule has 0 fully saturated rings. The van der Waals surface area contributed by atoms with E-state index in [-0.39, 0.29) is 0 Å². The van der Waals surface area contributed by atoms with Crippen LogP contribution in [0.2, 0.25) is 0 Å². The predicted octanol–water partition coefficient (Wildman–Crippen LogP) is -2.21. The highest BCUT2D eigenvalue weighted by molar-refractivity contribution is 6.57. The highest BCUT2D eigenvalue weighted by Gasteiger charge is 2.32. The molecule has 44 valence electrons. The molecule has 0 radical (unpaired) electrons. The Morgan fingerprint density at radius 1 is 1.43 bits per heavy atom. The molecule has 0 rings (SSSR count). The van der Waals surface area contributed by atoms with Gasteiger partial charge < -0.3 is 20.1 Å². The molecule has 0 aromatic heterocycles. The largest absolute Gasteiger partial charge is 0.510 e. The van der Waals surface area contributed by atoms with Gasteiger partial charge in [0.05, 0.1) is 5.67 Å². The Kier molecular flexibility index (Phi) is 1.90. The molecule has 1 atom stereocenters. The fourth-order valence-corrected chi connectivity index (χ4v) is 0. The highest BCUT2D eigenvalue weighted by Crippen LogP contribution is 1.88. The maximum absolute atomic E-state index is 8.22. The first-order valence-corrected chi connectivity index (χ1v) is 3.79.